The Morgan fingerprint density at radius 3 is 2.42 bits per heavy atom. The number of hydrogen-bond acceptors (Lipinski definition) is 4. The first-order valence-electron chi connectivity index (χ1n) is 8.84. The molecule has 2 heterocycles. The molecule has 2 aromatic heterocycles. The van der Waals surface area contributed by atoms with Gasteiger partial charge in [-0.25, -0.2) is 4.98 Å². The molecule has 4 rings (SSSR count). The van der Waals surface area contributed by atoms with Gasteiger partial charge in [0.05, 0.1) is 0 Å². The highest BCUT2D eigenvalue weighted by molar-refractivity contribution is 5.59. The zero-order chi connectivity index (χ0) is 17.9. The van der Waals surface area contributed by atoms with Crippen LogP contribution in [0.1, 0.15) is 29.6 Å². The van der Waals surface area contributed by atoms with Crippen LogP contribution >= 0.6 is 0 Å². The molecule has 0 radical (unpaired) electrons. The van der Waals surface area contributed by atoms with Crippen molar-refractivity contribution in [3.8, 4) is 0 Å². The number of rotatable bonds is 5. The van der Waals surface area contributed by atoms with Crippen molar-refractivity contribution in [3.63, 3.8) is 0 Å². The molecule has 0 aliphatic carbocycles. The largest absolute Gasteiger partial charge is 0.340 e. The minimum absolute atomic E-state index is 0.614. The van der Waals surface area contributed by atoms with Gasteiger partial charge in [0.15, 0.2) is 5.82 Å². The average Bonchev–Trinajstić information content (AvgIpc) is 3.05. The lowest BCUT2D eigenvalue weighted by Crippen LogP contribution is -2.03. The van der Waals surface area contributed by atoms with E-state index in [2.05, 4.69) is 63.7 Å². The van der Waals surface area contributed by atoms with Crippen LogP contribution in [-0.4, -0.2) is 19.6 Å². The molecule has 0 saturated carbocycles. The van der Waals surface area contributed by atoms with E-state index >= 15 is 0 Å². The third-order valence-corrected chi connectivity index (χ3v) is 4.32. The molecule has 4 aromatic rings. The van der Waals surface area contributed by atoms with Crippen molar-refractivity contribution in [1.82, 2.24) is 19.6 Å². The molecule has 0 aliphatic rings. The molecule has 0 spiro atoms. The number of benzene rings is 2. The number of nitrogens with one attached hydrogen (secondary N) is 1. The highest BCUT2D eigenvalue weighted by atomic mass is 15.4. The summed E-state index contributed by atoms with van der Waals surface area (Å²) in [5.41, 5.74) is 4.43. The van der Waals surface area contributed by atoms with Crippen molar-refractivity contribution in [2.45, 2.75) is 26.7 Å². The summed E-state index contributed by atoms with van der Waals surface area (Å²) in [6, 6.07) is 20.7. The Bertz CT molecular complexity index is 1020. The minimum atomic E-state index is 0.614. The quantitative estimate of drug-likeness (QED) is 0.586. The summed E-state index contributed by atoms with van der Waals surface area (Å²) in [5, 5.41) is 8.10. The summed E-state index contributed by atoms with van der Waals surface area (Å²) in [6.07, 6.45) is 1.72. The number of aryl methyl sites for hydroxylation is 2. The van der Waals surface area contributed by atoms with Crippen molar-refractivity contribution in [2.24, 2.45) is 0 Å². The van der Waals surface area contributed by atoms with Crippen molar-refractivity contribution in [2.75, 3.05) is 5.32 Å². The minimum Gasteiger partial charge on any atom is -0.340 e. The maximum atomic E-state index is 4.66. The molecule has 0 bridgehead atoms. The van der Waals surface area contributed by atoms with Gasteiger partial charge >= 0.3 is 0 Å². The summed E-state index contributed by atoms with van der Waals surface area (Å²) >= 11 is 0. The molecule has 2 aromatic carbocycles. The molecule has 0 unspecified atom stereocenters. The van der Waals surface area contributed by atoms with Crippen molar-refractivity contribution in [1.29, 1.82) is 0 Å². The lowest BCUT2D eigenvalue weighted by Gasteiger charge is -2.09. The fraction of sp³-hybridized carbons (Fsp3) is 0.190. The summed E-state index contributed by atoms with van der Waals surface area (Å²) < 4.78 is 1.78. The fourth-order valence-corrected chi connectivity index (χ4v) is 2.94. The summed E-state index contributed by atoms with van der Waals surface area (Å²) in [4.78, 5) is 9.12. The van der Waals surface area contributed by atoms with Crippen molar-refractivity contribution >= 4 is 17.3 Å². The van der Waals surface area contributed by atoms with Gasteiger partial charge in [0.25, 0.3) is 5.78 Å². The van der Waals surface area contributed by atoms with Gasteiger partial charge in [-0.3, -0.25) is 0 Å². The Hall–Kier alpha value is -3.21. The van der Waals surface area contributed by atoms with Crippen LogP contribution in [0.15, 0.2) is 60.7 Å². The predicted octanol–water partition coefficient (Wildman–Crippen LogP) is 4.33. The number of anilines is 2. The second kappa shape index (κ2) is 6.96. The van der Waals surface area contributed by atoms with Gasteiger partial charge in [0.2, 0.25) is 0 Å². The highest BCUT2D eigenvalue weighted by Gasteiger charge is 2.11. The molecule has 0 aliphatic heterocycles. The van der Waals surface area contributed by atoms with Gasteiger partial charge in [-0.05, 0) is 36.6 Å². The van der Waals surface area contributed by atoms with Gasteiger partial charge in [-0.15, -0.1) is 5.10 Å². The van der Waals surface area contributed by atoms with Crippen LogP contribution in [0.3, 0.4) is 0 Å². The van der Waals surface area contributed by atoms with Gasteiger partial charge in [0, 0.05) is 23.9 Å². The first kappa shape index (κ1) is 16.3. The van der Waals surface area contributed by atoms with Gasteiger partial charge in [-0.1, -0.05) is 49.4 Å². The number of hydrogen-bond donors (Lipinski definition) is 1. The van der Waals surface area contributed by atoms with Crippen LogP contribution in [0.2, 0.25) is 0 Å². The topological polar surface area (TPSA) is 55.1 Å². The Morgan fingerprint density at radius 1 is 0.923 bits per heavy atom. The second-order valence-corrected chi connectivity index (χ2v) is 6.36. The summed E-state index contributed by atoms with van der Waals surface area (Å²) in [6.45, 7) is 4.12. The second-order valence-electron chi connectivity index (χ2n) is 6.36. The summed E-state index contributed by atoms with van der Waals surface area (Å²) in [5.74, 6) is 2.24. The monoisotopic (exact) mass is 343 g/mol. The van der Waals surface area contributed by atoms with E-state index < -0.39 is 0 Å². The lowest BCUT2D eigenvalue weighted by atomic mass is 10.1. The van der Waals surface area contributed by atoms with E-state index in [1.165, 1.54) is 11.1 Å². The Labute approximate surface area is 152 Å². The van der Waals surface area contributed by atoms with Crippen LogP contribution in [0.4, 0.5) is 11.5 Å². The number of nitrogens with zero attached hydrogens (tertiary/aromatic N) is 4. The van der Waals surface area contributed by atoms with Crippen LogP contribution in [0.25, 0.3) is 5.78 Å². The first-order chi connectivity index (χ1) is 12.7. The van der Waals surface area contributed by atoms with Crippen molar-refractivity contribution < 1.29 is 0 Å². The Kier molecular flexibility index (Phi) is 4.35. The van der Waals surface area contributed by atoms with Crippen LogP contribution in [0, 0.1) is 6.92 Å². The maximum Gasteiger partial charge on any atom is 0.254 e. The molecule has 1 N–H and O–H groups in total. The SMILES string of the molecule is CCc1ccc(Nc2cc(C)nc3nc(Cc4ccccc4)nn23)cc1. The van der Waals surface area contributed by atoms with Crippen LogP contribution in [0.5, 0.6) is 0 Å². The molecule has 0 atom stereocenters. The standard InChI is InChI=1S/C21H21N5/c1-3-16-9-11-18(12-10-16)23-20-13-15(2)22-21-24-19(25-26(20)21)14-17-7-5-4-6-8-17/h4-13,23H,3,14H2,1-2H3. The van der Waals surface area contributed by atoms with Crippen molar-refractivity contribution in [3.05, 3.63) is 83.3 Å². The number of fused-ring (bicyclic) bond motifs is 1. The molecule has 26 heavy (non-hydrogen) atoms. The molecule has 130 valence electrons. The predicted molar refractivity (Wildman–Crippen MR) is 104 cm³/mol. The van der Waals surface area contributed by atoms with E-state index in [9.17, 15) is 0 Å². The Morgan fingerprint density at radius 2 is 1.69 bits per heavy atom. The normalized spacial score (nSPS) is 11.0. The van der Waals surface area contributed by atoms with E-state index in [0.717, 1.165) is 29.4 Å². The molecule has 0 saturated heterocycles. The van der Waals surface area contributed by atoms with Gasteiger partial charge in [0.1, 0.15) is 5.82 Å². The molecule has 0 fully saturated rings. The fourth-order valence-electron chi connectivity index (χ4n) is 2.94. The summed E-state index contributed by atoms with van der Waals surface area (Å²) in [7, 11) is 0. The first-order valence-corrected chi connectivity index (χ1v) is 8.84. The van der Waals surface area contributed by atoms with E-state index in [0.29, 0.717) is 12.2 Å². The van der Waals surface area contributed by atoms with E-state index in [1.54, 1.807) is 4.52 Å². The van der Waals surface area contributed by atoms with Crippen LogP contribution < -0.4 is 5.32 Å². The lowest BCUT2D eigenvalue weighted by molar-refractivity contribution is 0.894. The number of aromatic nitrogens is 4. The average molecular weight is 343 g/mol. The Balaban J connectivity index is 1.67. The van der Waals surface area contributed by atoms with Gasteiger partial charge < -0.3 is 5.32 Å². The molecular weight excluding hydrogens is 322 g/mol. The highest BCUT2D eigenvalue weighted by Crippen LogP contribution is 2.19. The van der Waals surface area contributed by atoms with E-state index in [4.69, 9.17) is 0 Å². The third-order valence-electron chi connectivity index (χ3n) is 4.32. The van der Waals surface area contributed by atoms with E-state index in [-0.39, 0.29) is 0 Å². The molecular formula is C21H21N5. The molecule has 0 amide bonds. The maximum absolute atomic E-state index is 4.66. The molecule has 5 heteroatoms. The molecule has 5 nitrogen and oxygen atoms in total. The van der Waals surface area contributed by atoms with Gasteiger partial charge in [-0.2, -0.15) is 9.50 Å². The zero-order valence-corrected chi connectivity index (χ0v) is 15.0. The third kappa shape index (κ3) is 3.42. The zero-order valence-electron chi connectivity index (χ0n) is 15.0. The smallest absolute Gasteiger partial charge is 0.254 e. The van der Waals surface area contributed by atoms with E-state index in [1.807, 2.05) is 31.2 Å². The van der Waals surface area contributed by atoms with Crippen LogP contribution in [-0.2, 0) is 12.8 Å².